The van der Waals surface area contributed by atoms with Crippen LogP contribution in [-0.2, 0) is 4.79 Å². The Labute approximate surface area is 108 Å². The SMILES string of the molecule is C=CC(=O)NC1CCCN(c2cccc(C)c2)C1. The molecular formula is C15H20N2O. The Balaban J connectivity index is 2.02. The van der Waals surface area contributed by atoms with Gasteiger partial charge in [-0.2, -0.15) is 0 Å². The monoisotopic (exact) mass is 244 g/mol. The average Bonchev–Trinajstić information content (AvgIpc) is 2.39. The highest BCUT2D eigenvalue weighted by Crippen LogP contribution is 2.20. The van der Waals surface area contributed by atoms with Gasteiger partial charge in [0.2, 0.25) is 5.91 Å². The molecular weight excluding hydrogens is 224 g/mol. The van der Waals surface area contributed by atoms with Gasteiger partial charge in [0.15, 0.2) is 0 Å². The summed E-state index contributed by atoms with van der Waals surface area (Å²) >= 11 is 0. The topological polar surface area (TPSA) is 32.3 Å². The summed E-state index contributed by atoms with van der Waals surface area (Å²) in [5.41, 5.74) is 2.51. The molecule has 1 aliphatic rings. The number of amides is 1. The molecule has 1 saturated heterocycles. The second kappa shape index (κ2) is 5.71. The van der Waals surface area contributed by atoms with Crippen molar-refractivity contribution in [3.05, 3.63) is 42.5 Å². The van der Waals surface area contributed by atoms with Gasteiger partial charge in [0.25, 0.3) is 0 Å². The molecule has 3 heteroatoms. The molecule has 1 unspecified atom stereocenters. The quantitative estimate of drug-likeness (QED) is 0.827. The molecule has 1 aliphatic heterocycles. The van der Waals surface area contributed by atoms with Crippen LogP contribution in [0.15, 0.2) is 36.9 Å². The summed E-state index contributed by atoms with van der Waals surface area (Å²) in [7, 11) is 0. The third kappa shape index (κ3) is 3.13. The number of carbonyl (C=O) groups is 1. The van der Waals surface area contributed by atoms with Crippen LogP contribution in [0.2, 0.25) is 0 Å². The van der Waals surface area contributed by atoms with Gasteiger partial charge in [-0.1, -0.05) is 18.7 Å². The number of hydrogen-bond donors (Lipinski definition) is 1. The van der Waals surface area contributed by atoms with Crippen LogP contribution in [-0.4, -0.2) is 25.0 Å². The van der Waals surface area contributed by atoms with Gasteiger partial charge in [0.1, 0.15) is 0 Å². The van der Waals surface area contributed by atoms with Crippen LogP contribution < -0.4 is 10.2 Å². The maximum atomic E-state index is 11.3. The second-order valence-corrected chi connectivity index (χ2v) is 4.84. The standard InChI is InChI=1S/C15H20N2O/c1-3-15(18)16-13-7-5-9-17(11-13)14-8-4-6-12(2)10-14/h3-4,6,8,10,13H,1,5,7,9,11H2,2H3,(H,16,18). The Morgan fingerprint density at radius 1 is 1.56 bits per heavy atom. The Hall–Kier alpha value is -1.77. The summed E-state index contributed by atoms with van der Waals surface area (Å²) in [5, 5.41) is 2.98. The van der Waals surface area contributed by atoms with Crippen LogP contribution in [0.25, 0.3) is 0 Å². The minimum absolute atomic E-state index is 0.0777. The van der Waals surface area contributed by atoms with Crippen LogP contribution >= 0.6 is 0 Å². The second-order valence-electron chi connectivity index (χ2n) is 4.84. The summed E-state index contributed by atoms with van der Waals surface area (Å²) in [5.74, 6) is -0.0777. The first-order valence-electron chi connectivity index (χ1n) is 6.43. The van der Waals surface area contributed by atoms with E-state index >= 15 is 0 Å². The van der Waals surface area contributed by atoms with Crippen LogP contribution in [0, 0.1) is 6.92 Å². The lowest BCUT2D eigenvalue weighted by Crippen LogP contribution is -2.47. The number of anilines is 1. The maximum Gasteiger partial charge on any atom is 0.243 e. The van der Waals surface area contributed by atoms with Crippen molar-refractivity contribution in [2.45, 2.75) is 25.8 Å². The van der Waals surface area contributed by atoms with Gasteiger partial charge in [-0.3, -0.25) is 4.79 Å². The third-order valence-electron chi connectivity index (χ3n) is 3.32. The van der Waals surface area contributed by atoms with Crippen LogP contribution in [0.1, 0.15) is 18.4 Å². The Morgan fingerprint density at radius 2 is 2.39 bits per heavy atom. The zero-order valence-corrected chi connectivity index (χ0v) is 10.9. The zero-order chi connectivity index (χ0) is 13.0. The summed E-state index contributed by atoms with van der Waals surface area (Å²) < 4.78 is 0. The molecule has 0 aromatic heterocycles. The highest BCUT2D eigenvalue weighted by Gasteiger charge is 2.20. The van der Waals surface area contributed by atoms with Crippen LogP contribution in [0.3, 0.4) is 0 Å². The third-order valence-corrected chi connectivity index (χ3v) is 3.32. The Morgan fingerprint density at radius 3 is 3.11 bits per heavy atom. The minimum atomic E-state index is -0.0777. The molecule has 1 N–H and O–H groups in total. The molecule has 1 atom stereocenters. The van der Waals surface area contributed by atoms with E-state index in [2.05, 4.69) is 48.0 Å². The molecule has 0 bridgehead atoms. The molecule has 1 aromatic carbocycles. The number of hydrogen-bond acceptors (Lipinski definition) is 2. The number of rotatable bonds is 3. The zero-order valence-electron chi connectivity index (χ0n) is 10.9. The summed E-state index contributed by atoms with van der Waals surface area (Å²) in [4.78, 5) is 13.7. The molecule has 1 aromatic rings. The fourth-order valence-electron chi connectivity index (χ4n) is 2.41. The van der Waals surface area contributed by atoms with Crippen molar-refractivity contribution in [1.29, 1.82) is 0 Å². The first kappa shape index (κ1) is 12.7. The normalized spacial score (nSPS) is 19.4. The first-order chi connectivity index (χ1) is 8.69. The van der Waals surface area contributed by atoms with E-state index in [9.17, 15) is 4.79 Å². The van der Waals surface area contributed by atoms with E-state index in [-0.39, 0.29) is 11.9 Å². The summed E-state index contributed by atoms with van der Waals surface area (Å²) in [6.07, 6.45) is 3.49. The molecule has 0 saturated carbocycles. The molecule has 1 amide bonds. The molecule has 1 fully saturated rings. The van der Waals surface area contributed by atoms with Gasteiger partial charge in [0.05, 0.1) is 0 Å². The fraction of sp³-hybridized carbons (Fsp3) is 0.400. The van der Waals surface area contributed by atoms with E-state index in [1.54, 1.807) is 0 Å². The molecule has 0 spiro atoms. The number of nitrogens with one attached hydrogen (secondary N) is 1. The molecule has 3 nitrogen and oxygen atoms in total. The fourth-order valence-corrected chi connectivity index (χ4v) is 2.41. The van der Waals surface area contributed by atoms with E-state index in [0.29, 0.717) is 0 Å². The Bertz CT molecular complexity index is 442. The highest BCUT2D eigenvalue weighted by molar-refractivity contribution is 5.87. The number of carbonyl (C=O) groups excluding carboxylic acids is 1. The molecule has 18 heavy (non-hydrogen) atoms. The van der Waals surface area contributed by atoms with Crippen molar-refractivity contribution >= 4 is 11.6 Å². The van der Waals surface area contributed by atoms with Crippen molar-refractivity contribution < 1.29 is 4.79 Å². The number of benzene rings is 1. The van der Waals surface area contributed by atoms with Gasteiger partial charge < -0.3 is 10.2 Å². The number of aryl methyl sites for hydroxylation is 1. The number of nitrogens with zero attached hydrogens (tertiary/aromatic N) is 1. The van der Waals surface area contributed by atoms with E-state index in [0.717, 1.165) is 25.9 Å². The van der Waals surface area contributed by atoms with Crippen molar-refractivity contribution in [3.8, 4) is 0 Å². The van der Waals surface area contributed by atoms with E-state index in [1.807, 2.05) is 0 Å². The van der Waals surface area contributed by atoms with Crippen LogP contribution in [0.5, 0.6) is 0 Å². The minimum Gasteiger partial charge on any atom is -0.369 e. The van der Waals surface area contributed by atoms with Crippen molar-refractivity contribution in [2.24, 2.45) is 0 Å². The number of piperidine rings is 1. The Kier molecular flexibility index (Phi) is 4.03. The van der Waals surface area contributed by atoms with E-state index in [1.165, 1.54) is 17.3 Å². The van der Waals surface area contributed by atoms with Crippen molar-refractivity contribution in [2.75, 3.05) is 18.0 Å². The average molecular weight is 244 g/mol. The predicted molar refractivity (Wildman–Crippen MR) is 74.8 cm³/mol. The molecule has 1 heterocycles. The summed E-state index contributed by atoms with van der Waals surface area (Å²) in [6, 6.07) is 8.73. The smallest absolute Gasteiger partial charge is 0.243 e. The van der Waals surface area contributed by atoms with E-state index in [4.69, 9.17) is 0 Å². The van der Waals surface area contributed by atoms with Gasteiger partial charge in [-0.05, 0) is 43.5 Å². The lowest BCUT2D eigenvalue weighted by molar-refractivity contribution is -0.117. The summed E-state index contributed by atoms with van der Waals surface area (Å²) in [6.45, 7) is 7.53. The van der Waals surface area contributed by atoms with Crippen LogP contribution in [0.4, 0.5) is 5.69 Å². The molecule has 96 valence electrons. The molecule has 0 aliphatic carbocycles. The van der Waals surface area contributed by atoms with Gasteiger partial charge in [0, 0.05) is 24.8 Å². The lowest BCUT2D eigenvalue weighted by atomic mass is 10.0. The van der Waals surface area contributed by atoms with Gasteiger partial charge in [-0.15, -0.1) is 0 Å². The lowest BCUT2D eigenvalue weighted by Gasteiger charge is -2.34. The molecule has 2 rings (SSSR count). The highest BCUT2D eigenvalue weighted by atomic mass is 16.1. The van der Waals surface area contributed by atoms with Crippen molar-refractivity contribution in [3.63, 3.8) is 0 Å². The van der Waals surface area contributed by atoms with Gasteiger partial charge >= 0.3 is 0 Å². The first-order valence-corrected chi connectivity index (χ1v) is 6.43. The largest absolute Gasteiger partial charge is 0.369 e. The maximum absolute atomic E-state index is 11.3. The van der Waals surface area contributed by atoms with E-state index < -0.39 is 0 Å². The predicted octanol–water partition coefficient (Wildman–Crippen LogP) is 2.27. The molecule has 0 radical (unpaired) electrons. The van der Waals surface area contributed by atoms with Crippen molar-refractivity contribution in [1.82, 2.24) is 5.32 Å². The van der Waals surface area contributed by atoms with Gasteiger partial charge in [-0.25, -0.2) is 0 Å².